The number of hydrogen-bond acceptors (Lipinski definition) is 6. The standard InChI is InChI=1S/2C13H18N2.C4H4O4/c2*1-15-9-10-2-4-11-6-7-13(14)8-12(11)5-3-10;5-3(6)1-2-4(7)8/h2*3,5-8,10,15H,2,4,9,14H2,1H3;1-2H,(H,5,6)(H,7,8). The highest BCUT2D eigenvalue weighted by atomic mass is 16.4. The monoisotopic (exact) mass is 520 g/mol. The molecule has 38 heavy (non-hydrogen) atoms. The van der Waals surface area contributed by atoms with Crippen molar-refractivity contribution in [2.24, 2.45) is 11.8 Å². The molecular formula is C30H40N4O4. The van der Waals surface area contributed by atoms with Gasteiger partial charge in [0, 0.05) is 36.6 Å². The van der Waals surface area contributed by atoms with Gasteiger partial charge >= 0.3 is 11.9 Å². The van der Waals surface area contributed by atoms with Gasteiger partial charge in [0.15, 0.2) is 0 Å². The van der Waals surface area contributed by atoms with Crippen molar-refractivity contribution in [3.8, 4) is 0 Å². The van der Waals surface area contributed by atoms with Gasteiger partial charge in [-0.15, -0.1) is 0 Å². The van der Waals surface area contributed by atoms with E-state index in [4.69, 9.17) is 21.7 Å². The average molecular weight is 521 g/mol. The Balaban J connectivity index is 0.000000211. The van der Waals surface area contributed by atoms with E-state index in [1.165, 1.54) is 35.1 Å². The Hall–Kier alpha value is -3.88. The number of rotatable bonds is 6. The number of nitrogen functional groups attached to an aromatic ring is 2. The molecule has 8 nitrogen and oxygen atoms in total. The fourth-order valence-corrected chi connectivity index (χ4v) is 4.35. The third-order valence-corrected chi connectivity index (χ3v) is 6.31. The predicted octanol–water partition coefficient (Wildman–Crippen LogP) is 3.84. The molecule has 4 rings (SSSR count). The molecule has 0 saturated heterocycles. The summed E-state index contributed by atoms with van der Waals surface area (Å²) in [7, 11) is 4.01. The summed E-state index contributed by atoms with van der Waals surface area (Å²) in [6.45, 7) is 2.11. The Bertz CT molecular complexity index is 1070. The molecule has 2 aromatic carbocycles. The second kappa shape index (κ2) is 16.1. The van der Waals surface area contributed by atoms with Gasteiger partial charge in [0.1, 0.15) is 0 Å². The lowest BCUT2D eigenvalue weighted by Gasteiger charge is -2.09. The number of carboxylic acids is 2. The molecule has 0 heterocycles. The highest BCUT2D eigenvalue weighted by Gasteiger charge is 2.11. The summed E-state index contributed by atoms with van der Waals surface area (Å²) in [4.78, 5) is 19.1. The first kappa shape index (κ1) is 30.3. The molecule has 0 radical (unpaired) electrons. The number of aliphatic carboxylic acids is 2. The zero-order valence-electron chi connectivity index (χ0n) is 22.2. The van der Waals surface area contributed by atoms with Crippen LogP contribution in [0.4, 0.5) is 11.4 Å². The molecule has 0 saturated carbocycles. The molecule has 204 valence electrons. The maximum Gasteiger partial charge on any atom is 0.328 e. The Kier molecular flexibility index (Phi) is 12.8. The first-order valence-electron chi connectivity index (χ1n) is 12.8. The molecular weight excluding hydrogens is 480 g/mol. The largest absolute Gasteiger partial charge is 0.478 e. The van der Waals surface area contributed by atoms with Crippen LogP contribution in [0.15, 0.2) is 60.7 Å². The number of aryl methyl sites for hydroxylation is 2. The van der Waals surface area contributed by atoms with Gasteiger partial charge in [-0.05, 0) is 98.1 Å². The summed E-state index contributed by atoms with van der Waals surface area (Å²) < 4.78 is 0. The van der Waals surface area contributed by atoms with E-state index in [-0.39, 0.29) is 0 Å². The van der Waals surface area contributed by atoms with Gasteiger partial charge in [0.05, 0.1) is 0 Å². The highest BCUT2D eigenvalue weighted by molar-refractivity contribution is 5.89. The number of hydrogen-bond donors (Lipinski definition) is 6. The van der Waals surface area contributed by atoms with Crippen molar-refractivity contribution in [1.29, 1.82) is 0 Å². The van der Waals surface area contributed by atoms with Crippen LogP contribution in [-0.2, 0) is 22.4 Å². The lowest BCUT2D eigenvalue weighted by Crippen LogP contribution is -2.17. The van der Waals surface area contributed by atoms with Crippen molar-refractivity contribution in [3.05, 3.63) is 83.0 Å². The minimum Gasteiger partial charge on any atom is -0.478 e. The molecule has 2 unspecified atom stereocenters. The van der Waals surface area contributed by atoms with Gasteiger partial charge in [-0.25, -0.2) is 9.59 Å². The van der Waals surface area contributed by atoms with Crippen LogP contribution < -0.4 is 22.1 Å². The first-order chi connectivity index (χ1) is 18.2. The van der Waals surface area contributed by atoms with Crippen molar-refractivity contribution in [2.45, 2.75) is 25.7 Å². The van der Waals surface area contributed by atoms with Crippen molar-refractivity contribution < 1.29 is 19.8 Å². The molecule has 0 aliphatic heterocycles. The third kappa shape index (κ3) is 11.0. The van der Waals surface area contributed by atoms with Crippen molar-refractivity contribution in [1.82, 2.24) is 10.6 Å². The number of anilines is 2. The summed E-state index contributed by atoms with van der Waals surface area (Å²) >= 11 is 0. The third-order valence-electron chi connectivity index (χ3n) is 6.31. The fourth-order valence-electron chi connectivity index (χ4n) is 4.35. The van der Waals surface area contributed by atoms with E-state index in [2.05, 4.69) is 59.2 Å². The van der Waals surface area contributed by atoms with Crippen LogP contribution in [0.3, 0.4) is 0 Å². The van der Waals surface area contributed by atoms with Crippen LogP contribution >= 0.6 is 0 Å². The van der Waals surface area contributed by atoms with Crippen LogP contribution in [0.25, 0.3) is 12.2 Å². The van der Waals surface area contributed by atoms with E-state index in [9.17, 15) is 9.59 Å². The van der Waals surface area contributed by atoms with E-state index < -0.39 is 11.9 Å². The zero-order valence-corrected chi connectivity index (χ0v) is 22.2. The maximum atomic E-state index is 9.55. The van der Waals surface area contributed by atoms with E-state index in [1.807, 2.05) is 26.2 Å². The first-order valence-corrected chi connectivity index (χ1v) is 12.8. The normalized spacial score (nSPS) is 17.5. The summed E-state index contributed by atoms with van der Waals surface area (Å²) in [5.74, 6) is -1.23. The van der Waals surface area contributed by atoms with Gasteiger partial charge in [-0.2, -0.15) is 0 Å². The highest BCUT2D eigenvalue weighted by Crippen LogP contribution is 2.24. The number of nitrogens with two attached hydrogens (primary N) is 2. The molecule has 0 aromatic heterocycles. The van der Waals surface area contributed by atoms with E-state index >= 15 is 0 Å². The molecule has 8 N–H and O–H groups in total. The minimum absolute atomic E-state index is 0.558. The Morgan fingerprint density at radius 3 is 1.53 bits per heavy atom. The molecule has 0 fully saturated rings. The van der Waals surface area contributed by atoms with Crippen LogP contribution in [0.5, 0.6) is 0 Å². The van der Waals surface area contributed by atoms with Crippen molar-refractivity contribution in [2.75, 3.05) is 38.7 Å². The second-order valence-electron chi connectivity index (χ2n) is 9.36. The quantitative estimate of drug-likeness (QED) is 0.248. The van der Waals surface area contributed by atoms with E-state index in [0.29, 0.717) is 24.0 Å². The van der Waals surface area contributed by atoms with Gasteiger partial charge in [0.2, 0.25) is 0 Å². The maximum absolute atomic E-state index is 9.55. The van der Waals surface area contributed by atoms with Gasteiger partial charge in [-0.1, -0.05) is 36.4 Å². The smallest absolute Gasteiger partial charge is 0.328 e. The summed E-state index contributed by atoms with van der Waals surface area (Å²) in [6.07, 6.45) is 14.8. The van der Waals surface area contributed by atoms with Crippen molar-refractivity contribution >= 4 is 35.5 Å². The van der Waals surface area contributed by atoms with Crippen LogP contribution in [0, 0.1) is 11.8 Å². The SMILES string of the molecule is CNCC1C=Cc2cc(N)ccc2CC1.CNCC1C=Cc2cc(N)ccc2CC1.O=C(O)C=CC(=O)O. The molecule has 2 aliphatic carbocycles. The number of benzene rings is 2. The molecule has 0 bridgehead atoms. The Morgan fingerprint density at radius 1 is 0.789 bits per heavy atom. The van der Waals surface area contributed by atoms with Gasteiger partial charge in [-0.3, -0.25) is 0 Å². The minimum atomic E-state index is -1.26. The predicted molar refractivity (Wildman–Crippen MR) is 156 cm³/mol. The number of carboxylic acid groups (broad SMARTS) is 2. The van der Waals surface area contributed by atoms with E-state index in [0.717, 1.165) is 37.3 Å². The number of fused-ring (bicyclic) bond motifs is 2. The lowest BCUT2D eigenvalue weighted by atomic mass is 10.0. The molecule has 2 aliphatic rings. The summed E-state index contributed by atoms with van der Waals surface area (Å²) in [6, 6.07) is 12.4. The summed E-state index contributed by atoms with van der Waals surface area (Å²) in [5, 5.41) is 22.1. The Morgan fingerprint density at radius 2 is 1.18 bits per heavy atom. The average Bonchev–Trinajstić information content (AvgIpc) is 3.20. The van der Waals surface area contributed by atoms with Crippen LogP contribution in [-0.4, -0.2) is 49.3 Å². The number of nitrogens with one attached hydrogen (secondary N) is 2. The molecule has 2 atom stereocenters. The molecule has 2 aromatic rings. The van der Waals surface area contributed by atoms with Gasteiger partial charge in [0.25, 0.3) is 0 Å². The van der Waals surface area contributed by atoms with Crippen molar-refractivity contribution in [3.63, 3.8) is 0 Å². The van der Waals surface area contributed by atoms with Gasteiger partial charge < -0.3 is 32.3 Å². The molecule has 8 heteroatoms. The summed E-state index contributed by atoms with van der Waals surface area (Å²) in [5.41, 5.74) is 18.7. The number of carbonyl (C=O) groups is 2. The van der Waals surface area contributed by atoms with Crippen LogP contribution in [0.2, 0.25) is 0 Å². The van der Waals surface area contributed by atoms with Crippen LogP contribution in [0.1, 0.15) is 35.1 Å². The second-order valence-corrected chi connectivity index (χ2v) is 9.36. The lowest BCUT2D eigenvalue weighted by molar-refractivity contribution is -0.134. The topological polar surface area (TPSA) is 151 Å². The molecule has 0 spiro atoms. The van der Waals surface area contributed by atoms with E-state index in [1.54, 1.807) is 0 Å². The zero-order chi connectivity index (χ0) is 27.9. The fraction of sp³-hybridized carbons (Fsp3) is 0.333. The molecule has 0 amide bonds. The Labute approximate surface area is 225 Å².